The number of carbonyl (C=O) groups excluding carboxylic acids is 1. The second kappa shape index (κ2) is 7.87. The highest BCUT2D eigenvalue weighted by atomic mass is 32.2. The van der Waals surface area contributed by atoms with Crippen LogP contribution in [0.15, 0.2) is 0 Å². The summed E-state index contributed by atoms with van der Waals surface area (Å²) in [5.41, 5.74) is -0.433. The van der Waals surface area contributed by atoms with Crippen LogP contribution in [0.5, 0.6) is 0 Å². The molecule has 4 heteroatoms. The summed E-state index contributed by atoms with van der Waals surface area (Å²) in [7, 11) is 0. The van der Waals surface area contributed by atoms with Gasteiger partial charge in [0, 0.05) is 11.3 Å². The molecule has 0 aliphatic heterocycles. The second-order valence-corrected chi connectivity index (χ2v) is 8.28. The van der Waals surface area contributed by atoms with E-state index in [2.05, 4.69) is 30.9 Å². The molecule has 2 fully saturated rings. The van der Waals surface area contributed by atoms with Gasteiger partial charge < -0.3 is 4.74 Å². The van der Waals surface area contributed by atoms with Crippen LogP contribution < -0.4 is 5.32 Å². The Morgan fingerprint density at radius 1 is 1.33 bits per heavy atom. The molecular formula is C17H31NO2S. The normalized spacial score (nSPS) is 30.2. The number of hydrogen-bond acceptors (Lipinski definition) is 4. The Morgan fingerprint density at radius 3 is 2.67 bits per heavy atom. The van der Waals surface area contributed by atoms with E-state index in [1.54, 1.807) is 0 Å². The average Bonchev–Trinajstić information content (AvgIpc) is 3.06. The summed E-state index contributed by atoms with van der Waals surface area (Å²) in [5, 5.41) is 4.12. The summed E-state index contributed by atoms with van der Waals surface area (Å²) in [6.07, 6.45) is 8.64. The van der Waals surface area contributed by atoms with Crippen molar-refractivity contribution in [1.29, 1.82) is 0 Å². The summed E-state index contributed by atoms with van der Waals surface area (Å²) >= 11 is 2.10. The molecule has 3 nitrogen and oxygen atoms in total. The van der Waals surface area contributed by atoms with Gasteiger partial charge in [-0.15, -0.1) is 0 Å². The second-order valence-electron chi connectivity index (χ2n) is 6.95. The highest BCUT2D eigenvalue weighted by molar-refractivity contribution is 7.99. The standard InChI is InChI=1S/C17H31NO2S/c1-4-20-16(19)17(18-13(2)3)10-9-15(11-17)21-12-14-7-5-6-8-14/h13-15,18H,4-12H2,1-3H3. The number of hydrogen-bond donors (Lipinski definition) is 1. The molecule has 2 rings (SSSR count). The zero-order valence-electron chi connectivity index (χ0n) is 13.8. The number of esters is 1. The smallest absolute Gasteiger partial charge is 0.326 e. The van der Waals surface area contributed by atoms with E-state index >= 15 is 0 Å². The van der Waals surface area contributed by atoms with Crippen molar-refractivity contribution in [3.63, 3.8) is 0 Å². The Bertz CT molecular complexity index is 342. The van der Waals surface area contributed by atoms with Crippen molar-refractivity contribution < 1.29 is 9.53 Å². The minimum atomic E-state index is -0.433. The molecule has 2 unspecified atom stereocenters. The summed E-state index contributed by atoms with van der Waals surface area (Å²) < 4.78 is 5.35. The number of carbonyl (C=O) groups is 1. The lowest BCUT2D eigenvalue weighted by Crippen LogP contribution is -2.54. The van der Waals surface area contributed by atoms with Gasteiger partial charge in [0.1, 0.15) is 5.54 Å². The molecule has 1 N–H and O–H groups in total. The van der Waals surface area contributed by atoms with Crippen molar-refractivity contribution in [3.05, 3.63) is 0 Å². The molecule has 2 aliphatic rings. The fraction of sp³-hybridized carbons (Fsp3) is 0.941. The third-order valence-electron chi connectivity index (χ3n) is 4.74. The number of ether oxygens (including phenoxy) is 1. The molecule has 0 heterocycles. The maximum absolute atomic E-state index is 12.4. The van der Waals surface area contributed by atoms with Gasteiger partial charge in [0.25, 0.3) is 0 Å². The fourth-order valence-corrected chi connectivity index (χ4v) is 5.35. The van der Waals surface area contributed by atoms with E-state index in [-0.39, 0.29) is 5.97 Å². The Morgan fingerprint density at radius 2 is 2.05 bits per heavy atom. The first-order valence-electron chi connectivity index (χ1n) is 8.62. The van der Waals surface area contributed by atoms with E-state index in [1.165, 1.54) is 31.4 Å². The van der Waals surface area contributed by atoms with Crippen LogP contribution in [0.2, 0.25) is 0 Å². The lowest BCUT2D eigenvalue weighted by molar-refractivity contribution is -0.151. The summed E-state index contributed by atoms with van der Waals surface area (Å²) in [4.78, 5) is 12.4. The number of nitrogens with one attached hydrogen (secondary N) is 1. The average molecular weight is 314 g/mol. The van der Waals surface area contributed by atoms with Crippen molar-refractivity contribution in [2.24, 2.45) is 5.92 Å². The summed E-state index contributed by atoms with van der Waals surface area (Å²) in [6.45, 7) is 6.59. The molecule has 0 amide bonds. The maximum atomic E-state index is 12.4. The van der Waals surface area contributed by atoms with E-state index in [1.807, 2.05) is 6.92 Å². The molecule has 122 valence electrons. The Kier molecular flexibility index (Phi) is 6.42. The number of rotatable bonds is 7. The maximum Gasteiger partial charge on any atom is 0.326 e. The van der Waals surface area contributed by atoms with E-state index in [0.29, 0.717) is 17.9 Å². The number of thioether (sulfide) groups is 1. The van der Waals surface area contributed by atoms with E-state index in [0.717, 1.165) is 25.2 Å². The quantitative estimate of drug-likeness (QED) is 0.726. The van der Waals surface area contributed by atoms with Crippen LogP contribution in [0.1, 0.15) is 65.7 Å². The third-order valence-corrected chi connectivity index (χ3v) is 6.28. The van der Waals surface area contributed by atoms with Gasteiger partial charge in [-0.1, -0.05) is 12.8 Å². The molecular weight excluding hydrogens is 282 g/mol. The predicted molar refractivity (Wildman–Crippen MR) is 89.7 cm³/mol. The molecule has 0 aromatic carbocycles. The summed E-state index contributed by atoms with van der Waals surface area (Å²) in [5.74, 6) is 2.17. The molecule has 0 spiro atoms. The molecule has 0 radical (unpaired) electrons. The molecule has 0 bridgehead atoms. The van der Waals surface area contributed by atoms with Gasteiger partial charge in [-0.05, 0) is 64.5 Å². The molecule has 0 saturated heterocycles. The fourth-order valence-electron chi connectivity index (χ4n) is 3.79. The molecule has 0 aromatic rings. The first kappa shape index (κ1) is 17.1. The first-order valence-corrected chi connectivity index (χ1v) is 9.67. The molecule has 2 aliphatic carbocycles. The molecule has 2 saturated carbocycles. The van der Waals surface area contributed by atoms with Gasteiger partial charge >= 0.3 is 5.97 Å². The Balaban J connectivity index is 1.88. The van der Waals surface area contributed by atoms with Gasteiger partial charge in [0.05, 0.1) is 6.61 Å². The van der Waals surface area contributed by atoms with Crippen LogP contribution >= 0.6 is 11.8 Å². The third kappa shape index (κ3) is 4.62. The topological polar surface area (TPSA) is 38.3 Å². The van der Waals surface area contributed by atoms with Crippen molar-refractivity contribution in [2.45, 2.75) is 82.5 Å². The SMILES string of the molecule is CCOC(=O)C1(NC(C)C)CCC(SCC2CCCC2)C1. The van der Waals surface area contributed by atoms with Crippen LogP contribution in [0.25, 0.3) is 0 Å². The highest BCUT2D eigenvalue weighted by Crippen LogP contribution is 2.40. The summed E-state index contributed by atoms with van der Waals surface area (Å²) in [6, 6.07) is 0.313. The van der Waals surface area contributed by atoms with E-state index < -0.39 is 5.54 Å². The van der Waals surface area contributed by atoms with Crippen LogP contribution in [0.4, 0.5) is 0 Å². The largest absolute Gasteiger partial charge is 0.465 e. The Labute approximate surface area is 134 Å². The van der Waals surface area contributed by atoms with Gasteiger partial charge in [-0.2, -0.15) is 11.8 Å². The van der Waals surface area contributed by atoms with Crippen molar-refractivity contribution in [3.8, 4) is 0 Å². The van der Waals surface area contributed by atoms with Gasteiger partial charge in [-0.3, -0.25) is 10.1 Å². The zero-order valence-corrected chi connectivity index (χ0v) is 14.6. The predicted octanol–water partition coefficient (Wildman–Crippen LogP) is 3.76. The minimum Gasteiger partial charge on any atom is -0.465 e. The van der Waals surface area contributed by atoms with Crippen molar-refractivity contribution >= 4 is 17.7 Å². The lowest BCUT2D eigenvalue weighted by Gasteiger charge is -2.30. The van der Waals surface area contributed by atoms with E-state index in [9.17, 15) is 4.79 Å². The first-order chi connectivity index (χ1) is 10.1. The van der Waals surface area contributed by atoms with Crippen molar-refractivity contribution in [1.82, 2.24) is 5.32 Å². The van der Waals surface area contributed by atoms with Gasteiger partial charge in [-0.25, -0.2) is 0 Å². The van der Waals surface area contributed by atoms with Crippen LogP contribution in [-0.4, -0.2) is 35.2 Å². The van der Waals surface area contributed by atoms with Gasteiger partial charge in [0.2, 0.25) is 0 Å². The monoisotopic (exact) mass is 313 g/mol. The highest BCUT2D eigenvalue weighted by Gasteiger charge is 2.46. The van der Waals surface area contributed by atoms with Crippen LogP contribution in [0, 0.1) is 5.92 Å². The zero-order chi connectivity index (χ0) is 15.3. The van der Waals surface area contributed by atoms with E-state index in [4.69, 9.17) is 4.74 Å². The molecule has 2 atom stereocenters. The minimum absolute atomic E-state index is 0.0392. The van der Waals surface area contributed by atoms with Crippen LogP contribution in [0.3, 0.4) is 0 Å². The van der Waals surface area contributed by atoms with Crippen molar-refractivity contribution in [2.75, 3.05) is 12.4 Å². The Hall–Kier alpha value is -0.220. The van der Waals surface area contributed by atoms with Gasteiger partial charge in [0.15, 0.2) is 0 Å². The molecule has 0 aromatic heterocycles. The van der Waals surface area contributed by atoms with Crippen LogP contribution in [-0.2, 0) is 9.53 Å². The lowest BCUT2D eigenvalue weighted by atomic mass is 9.96. The molecule has 21 heavy (non-hydrogen) atoms.